The molecule has 0 aliphatic rings. The molecule has 1 unspecified atom stereocenters. The number of benzene rings is 3. The van der Waals surface area contributed by atoms with Crippen molar-refractivity contribution in [2.24, 2.45) is 0 Å². The van der Waals surface area contributed by atoms with E-state index in [4.69, 9.17) is 9.47 Å². The molecule has 3 aromatic carbocycles. The smallest absolute Gasteiger partial charge is 0.261 e. The van der Waals surface area contributed by atoms with Gasteiger partial charge in [-0.05, 0) is 59.9 Å². The van der Waals surface area contributed by atoms with Gasteiger partial charge in [0.25, 0.3) is 5.91 Å². The summed E-state index contributed by atoms with van der Waals surface area (Å²) in [5, 5.41) is 5.26. The molecule has 0 fully saturated rings. The largest absolute Gasteiger partial charge is 0.497 e. The van der Waals surface area contributed by atoms with E-state index in [2.05, 4.69) is 17.4 Å². The van der Waals surface area contributed by atoms with Gasteiger partial charge in [0, 0.05) is 6.54 Å². The number of methoxy groups -OCH3 is 1. The van der Waals surface area contributed by atoms with Crippen LogP contribution in [0.3, 0.4) is 0 Å². The fourth-order valence-electron chi connectivity index (χ4n) is 3.17. The first kappa shape index (κ1) is 19.7. The fourth-order valence-corrected chi connectivity index (χ4v) is 3.17. The summed E-state index contributed by atoms with van der Waals surface area (Å²) in [4.78, 5) is 12.5. The Balaban J connectivity index is 1.50. The van der Waals surface area contributed by atoms with Gasteiger partial charge < -0.3 is 14.8 Å². The normalized spacial score (nSPS) is 11.8. The van der Waals surface area contributed by atoms with Crippen LogP contribution in [0.5, 0.6) is 11.5 Å². The van der Waals surface area contributed by atoms with Crippen LogP contribution in [0.4, 0.5) is 0 Å². The maximum atomic E-state index is 12.5. The van der Waals surface area contributed by atoms with E-state index in [0.29, 0.717) is 13.0 Å². The lowest BCUT2D eigenvalue weighted by Gasteiger charge is -2.17. The number of nitrogens with one attached hydrogen (secondary N) is 1. The Labute approximate surface area is 166 Å². The van der Waals surface area contributed by atoms with Crippen LogP contribution in [0.2, 0.25) is 0 Å². The Morgan fingerprint density at radius 2 is 1.79 bits per heavy atom. The van der Waals surface area contributed by atoms with Gasteiger partial charge in [-0.2, -0.15) is 0 Å². The Kier molecular flexibility index (Phi) is 6.90. The third kappa shape index (κ3) is 5.26. The molecular formula is C24H27NO3. The summed E-state index contributed by atoms with van der Waals surface area (Å²) < 4.78 is 11.2. The highest BCUT2D eigenvalue weighted by Gasteiger charge is 2.18. The van der Waals surface area contributed by atoms with Crippen LogP contribution in [0.15, 0.2) is 66.7 Å². The minimum atomic E-state index is -0.488. The van der Waals surface area contributed by atoms with Gasteiger partial charge in [-0.25, -0.2) is 0 Å². The van der Waals surface area contributed by atoms with Crippen molar-refractivity contribution >= 4 is 16.7 Å². The van der Waals surface area contributed by atoms with Gasteiger partial charge >= 0.3 is 0 Å². The summed E-state index contributed by atoms with van der Waals surface area (Å²) in [6.45, 7) is 2.58. The van der Waals surface area contributed by atoms with E-state index < -0.39 is 6.10 Å². The van der Waals surface area contributed by atoms with Gasteiger partial charge in [0.2, 0.25) is 0 Å². The molecule has 0 aliphatic carbocycles. The van der Waals surface area contributed by atoms with Crippen LogP contribution in [-0.4, -0.2) is 25.7 Å². The Hall–Kier alpha value is -3.01. The van der Waals surface area contributed by atoms with Crippen LogP contribution in [-0.2, 0) is 11.2 Å². The average molecular weight is 377 g/mol. The molecule has 0 aromatic heterocycles. The molecule has 1 amide bonds. The predicted molar refractivity (Wildman–Crippen MR) is 113 cm³/mol. The molecule has 0 heterocycles. The summed E-state index contributed by atoms with van der Waals surface area (Å²) >= 11 is 0. The zero-order valence-electron chi connectivity index (χ0n) is 16.5. The van der Waals surface area contributed by atoms with Crippen LogP contribution in [0, 0.1) is 0 Å². The van der Waals surface area contributed by atoms with Gasteiger partial charge in [-0.1, -0.05) is 49.4 Å². The molecule has 0 bridgehead atoms. The Morgan fingerprint density at radius 3 is 2.57 bits per heavy atom. The monoisotopic (exact) mass is 377 g/mol. The van der Waals surface area contributed by atoms with Gasteiger partial charge in [-0.3, -0.25) is 4.79 Å². The van der Waals surface area contributed by atoms with Crippen LogP contribution < -0.4 is 14.8 Å². The maximum Gasteiger partial charge on any atom is 0.261 e. The van der Waals surface area contributed by atoms with Crippen molar-refractivity contribution in [3.05, 3.63) is 72.3 Å². The van der Waals surface area contributed by atoms with Crippen LogP contribution in [0.25, 0.3) is 10.8 Å². The number of aryl methyl sites for hydroxylation is 1. The minimum absolute atomic E-state index is 0.0682. The zero-order valence-corrected chi connectivity index (χ0v) is 16.5. The summed E-state index contributed by atoms with van der Waals surface area (Å²) in [6.07, 6.45) is 1.89. The molecule has 0 radical (unpaired) electrons. The average Bonchev–Trinajstić information content (AvgIpc) is 2.75. The van der Waals surface area contributed by atoms with E-state index in [1.807, 2.05) is 61.5 Å². The highest BCUT2D eigenvalue weighted by Crippen LogP contribution is 2.22. The number of carbonyl (C=O) groups is 1. The minimum Gasteiger partial charge on any atom is -0.497 e. The van der Waals surface area contributed by atoms with Crippen molar-refractivity contribution in [2.45, 2.75) is 32.3 Å². The molecule has 0 aliphatic heterocycles. The Morgan fingerprint density at radius 1 is 0.964 bits per heavy atom. The lowest BCUT2D eigenvalue weighted by molar-refractivity contribution is -0.128. The quantitative estimate of drug-likeness (QED) is 0.547. The summed E-state index contributed by atoms with van der Waals surface area (Å²) in [5.74, 6) is 1.51. The van der Waals surface area contributed by atoms with Gasteiger partial charge in [-0.15, -0.1) is 0 Å². The van der Waals surface area contributed by atoms with Gasteiger partial charge in [0.05, 0.1) is 7.11 Å². The molecule has 28 heavy (non-hydrogen) atoms. The number of hydrogen-bond acceptors (Lipinski definition) is 3. The third-order valence-corrected chi connectivity index (χ3v) is 4.74. The van der Waals surface area contributed by atoms with Crippen LogP contribution in [0.1, 0.15) is 25.3 Å². The standard InChI is InChI=1S/C24H27NO3/c1-3-23(28-22-14-13-19-10-4-5-11-20(19)17-22)24(26)25-15-7-9-18-8-6-12-21(16-18)27-2/h4-6,8,10-14,16-17,23H,3,7,9,15H2,1-2H3,(H,25,26). The topological polar surface area (TPSA) is 47.6 Å². The molecule has 3 aromatic rings. The highest BCUT2D eigenvalue weighted by atomic mass is 16.5. The second kappa shape index (κ2) is 9.79. The lowest BCUT2D eigenvalue weighted by atomic mass is 10.1. The number of amides is 1. The van der Waals surface area contributed by atoms with E-state index in [1.54, 1.807) is 7.11 Å². The number of fused-ring (bicyclic) bond motifs is 1. The number of rotatable bonds is 9. The van der Waals surface area contributed by atoms with Gasteiger partial charge in [0.15, 0.2) is 6.10 Å². The first-order valence-corrected chi connectivity index (χ1v) is 9.75. The van der Waals surface area contributed by atoms with Crippen molar-refractivity contribution < 1.29 is 14.3 Å². The van der Waals surface area contributed by atoms with Crippen molar-refractivity contribution in [1.29, 1.82) is 0 Å². The molecule has 1 N–H and O–H groups in total. The molecule has 1 atom stereocenters. The summed E-state index contributed by atoms with van der Waals surface area (Å²) in [5.41, 5.74) is 1.20. The highest BCUT2D eigenvalue weighted by molar-refractivity contribution is 5.84. The second-order valence-electron chi connectivity index (χ2n) is 6.77. The predicted octanol–water partition coefficient (Wildman–Crippen LogP) is 4.75. The maximum absolute atomic E-state index is 12.5. The van der Waals surface area contributed by atoms with Crippen molar-refractivity contribution in [3.63, 3.8) is 0 Å². The van der Waals surface area contributed by atoms with Crippen molar-refractivity contribution in [2.75, 3.05) is 13.7 Å². The second-order valence-corrected chi connectivity index (χ2v) is 6.77. The lowest BCUT2D eigenvalue weighted by Crippen LogP contribution is -2.38. The van der Waals surface area contributed by atoms with E-state index in [-0.39, 0.29) is 5.91 Å². The van der Waals surface area contributed by atoms with Crippen molar-refractivity contribution in [1.82, 2.24) is 5.32 Å². The molecule has 3 rings (SSSR count). The summed E-state index contributed by atoms with van der Waals surface area (Å²) in [6, 6.07) is 22.0. The third-order valence-electron chi connectivity index (χ3n) is 4.74. The molecule has 4 heteroatoms. The molecule has 4 nitrogen and oxygen atoms in total. The summed E-state index contributed by atoms with van der Waals surface area (Å²) in [7, 11) is 1.67. The zero-order chi connectivity index (χ0) is 19.8. The number of carbonyl (C=O) groups excluding carboxylic acids is 1. The van der Waals surface area contributed by atoms with Gasteiger partial charge in [0.1, 0.15) is 11.5 Å². The first-order valence-electron chi connectivity index (χ1n) is 9.75. The molecule has 146 valence electrons. The van der Waals surface area contributed by atoms with Crippen molar-refractivity contribution in [3.8, 4) is 11.5 Å². The fraction of sp³-hybridized carbons (Fsp3) is 0.292. The van der Waals surface area contributed by atoms with E-state index >= 15 is 0 Å². The first-order chi connectivity index (χ1) is 13.7. The number of ether oxygens (including phenoxy) is 2. The Bertz CT molecular complexity index is 922. The molecule has 0 saturated carbocycles. The van der Waals surface area contributed by atoms with Crippen LogP contribution >= 0.6 is 0 Å². The number of hydrogen-bond donors (Lipinski definition) is 1. The van der Waals surface area contributed by atoms with E-state index in [0.717, 1.165) is 35.1 Å². The van der Waals surface area contributed by atoms with E-state index in [1.165, 1.54) is 5.56 Å². The molecule has 0 saturated heterocycles. The SMILES string of the molecule is CCC(Oc1ccc2ccccc2c1)C(=O)NCCCc1cccc(OC)c1. The van der Waals surface area contributed by atoms with E-state index in [9.17, 15) is 4.79 Å². The molecular weight excluding hydrogens is 350 g/mol. The molecule has 0 spiro atoms.